The van der Waals surface area contributed by atoms with Crippen LogP contribution in [0.2, 0.25) is 0 Å². The second kappa shape index (κ2) is 8.27. The summed E-state index contributed by atoms with van der Waals surface area (Å²) in [5.41, 5.74) is 2.16. The Morgan fingerprint density at radius 2 is 1.94 bits per heavy atom. The molecule has 1 atom stereocenters. The number of carbonyl (C=O) groups is 2. The summed E-state index contributed by atoms with van der Waals surface area (Å²) in [6, 6.07) is 0. The number of amides is 1. The first-order chi connectivity index (χ1) is 15.9. The van der Waals surface area contributed by atoms with Gasteiger partial charge in [0.25, 0.3) is 5.95 Å². The van der Waals surface area contributed by atoms with Crippen LogP contribution >= 0.6 is 0 Å². The Bertz CT molecular complexity index is 1110. The van der Waals surface area contributed by atoms with E-state index in [0.717, 1.165) is 19.3 Å². The van der Waals surface area contributed by atoms with Crippen molar-refractivity contribution in [2.45, 2.75) is 39.2 Å². The zero-order valence-corrected chi connectivity index (χ0v) is 18.6. The predicted molar refractivity (Wildman–Crippen MR) is 113 cm³/mol. The van der Waals surface area contributed by atoms with Crippen LogP contribution in [0.3, 0.4) is 0 Å². The van der Waals surface area contributed by atoms with Crippen LogP contribution in [-0.2, 0) is 14.3 Å². The first-order valence-electron chi connectivity index (χ1n) is 11.0. The van der Waals surface area contributed by atoms with Crippen LogP contribution in [0.25, 0.3) is 5.95 Å². The van der Waals surface area contributed by atoms with E-state index in [2.05, 4.69) is 30.4 Å². The number of piperidine rings is 1. The molecule has 12 heteroatoms. The topological polar surface area (TPSA) is 139 Å². The van der Waals surface area contributed by atoms with Gasteiger partial charge in [-0.2, -0.15) is 4.68 Å². The molecule has 5 heterocycles. The average molecular weight is 454 g/mol. The van der Waals surface area contributed by atoms with Crippen LogP contribution in [0.5, 0.6) is 0 Å². The van der Waals surface area contributed by atoms with Crippen molar-refractivity contribution >= 4 is 11.9 Å². The molecule has 12 nitrogen and oxygen atoms in total. The molecule has 1 amide bonds. The number of ether oxygens (including phenoxy) is 1. The van der Waals surface area contributed by atoms with E-state index >= 15 is 0 Å². The van der Waals surface area contributed by atoms with Crippen LogP contribution < -0.4 is 0 Å². The third-order valence-corrected chi connectivity index (χ3v) is 7.08. The highest BCUT2D eigenvalue weighted by atomic mass is 16.5. The molecule has 2 aromatic heterocycles. The molecule has 1 N–H and O–H groups in total. The summed E-state index contributed by atoms with van der Waals surface area (Å²) in [4.78, 5) is 37.6. The average Bonchev–Trinajstić information content (AvgIpc) is 3.53. The van der Waals surface area contributed by atoms with Crippen LogP contribution in [0, 0.1) is 12.3 Å². The van der Waals surface area contributed by atoms with Gasteiger partial charge in [0.05, 0.1) is 22.8 Å². The van der Waals surface area contributed by atoms with Crippen molar-refractivity contribution in [2.75, 3.05) is 32.8 Å². The number of aliphatic hydroxyl groups is 1. The SMILES string of the molecule is CC1=C(N2CCC3(CCN(C[C@H](O)c4cnc(-n5cnnn5)nc4C)CC3)C2=O)COC1=O. The molecule has 0 unspecified atom stereocenters. The van der Waals surface area contributed by atoms with Gasteiger partial charge in [0.1, 0.15) is 12.9 Å². The summed E-state index contributed by atoms with van der Waals surface area (Å²) in [5, 5.41) is 21.8. The van der Waals surface area contributed by atoms with Crippen molar-refractivity contribution < 1.29 is 19.4 Å². The highest BCUT2D eigenvalue weighted by Crippen LogP contribution is 2.43. The normalized spacial score (nSPS) is 21.8. The number of likely N-dealkylation sites (tertiary alicyclic amines) is 2. The molecule has 0 radical (unpaired) electrons. The lowest BCUT2D eigenvalue weighted by atomic mass is 9.77. The standard InChI is InChI=1S/C21H26N8O4/c1-13-16(11-33-18(13)31)28-8-5-21(19(28)32)3-6-27(7-4-21)10-17(30)15-9-22-20(24-14(15)2)29-12-23-25-26-29/h9,12,17,30H,3-8,10-11H2,1-2H3/t17-/m0/s1. The monoisotopic (exact) mass is 454 g/mol. The molecule has 1 spiro atoms. The van der Waals surface area contributed by atoms with Gasteiger partial charge in [-0.05, 0) is 56.6 Å². The lowest BCUT2D eigenvalue weighted by Gasteiger charge is -2.38. The van der Waals surface area contributed by atoms with Gasteiger partial charge < -0.3 is 19.6 Å². The number of nitrogens with zero attached hydrogens (tertiary/aromatic N) is 8. The Balaban J connectivity index is 1.21. The second-order valence-corrected chi connectivity index (χ2v) is 8.92. The fourth-order valence-corrected chi connectivity index (χ4v) is 4.95. The number of carbonyl (C=O) groups excluding carboxylic acids is 2. The Morgan fingerprint density at radius 1 is 1.18 bits per heavy atom. The second-order valence-electron chi connectivity index (χ2n) is 8.92. The Hall–Kier alpha value is -3.25. The molecule has 33 heavy (non-hydrogen) atoms. The van der Waals surface area contributed by atoms with Gasteiger partial charge in [-0.15, -0.1) is 5.10 Å². The fourth-order valence-electron chi connectivity index (χ4n) is 4.95. The highest BCUT2D eigenvalue weighted by Gasteiger charge is 2.50. The molecular weight excluding hydrogens is 428 g/mol. The minimum absolute atomic E-state index is 0.0952. The number of tetrazole rings is 1. The maximum atomic E-state index is 13.3. The van der Waals surface area contributed by atoms with Crippen LogP contribution in [-0.4, -0.2) is 89.7 Å². The summed E-state index contributed by atoms with van der Waals surface area (Å²) >= 11 is 0. The number of hydrogen-bond acceptors (Lipinski definition) is 10. The summed E-state index contributed by atoms with van der Waals surface area (Å²) in [7, 11) is 0. The minimum atomic E-state index is -0.743. The van der Waals surface area contributed by atoms with Gasteiger partial charge in [0.2, 0.25) is 5.91 Å². The molecular formula is C21H26N8O4. The van der Waals surface area contributed by atoms with Crippen molar-refractivity contribution in [2.24, 2.45) is 5.41 Å². The van der Waals surface area contributed by atoms with E-state index < -0.39 is 11.5 Å². The van der Waals surface area contributed by atoms with Gasteiger partial charge in [0, 0.05) is 30.5 Å². The number of aryl methyl sites for hydroxylation is 1. The van der Waals surface area contributed by atoms with Crippen LogP contribution in [0.1, 0.15) is 43.5 Å². The van der Waals surface area contributed by atoms with Crippen molar-refractivity contribution in [3.8, 4) is 5.95 Å². The maximum absolute atomic E-state index is 13.3. The van der Waals surface area contributed by atoms with Gasteiger partial charge in [-0.3, -0.25) is 4.79 Å². The third-order valence-electron chi connectivity index (χ3n) is 7.08. The van der Waals surface area contributed by atoms with Gasteiger partial charge in [-0.1, -0.05) is 0 Å². The van der Waals surface area contributed by atoms with Crippen molar-refractivity contribution in [3.63, 3.8) is 0 Å². The summed E-state index contributed by atoms with van der Waals surface area (Å²) in [6.07, 6.45) is 4.50. The van der Waals surface area contributed by atoms with E-state index in [1.165, 1.54) is 11.0 Å². The number of rotatable bonds is 5. The fraction of sp³-hybridized carbons (Fsp3) is 0.571. The number of cyclic esters (lactones) is 1. The Morgan fingerprint density at radius 3 is 2.58 bits per heavy atom. The van der Waals surface area contributed by atoms with E-state index in [9.17, 15) is 14.7 Å². The number of β-amino-alcohol motifs (C(OH)–C–C–N with tert-alkyl or cyclic N) is 1. The quantitative estimate of drug-likeness (QED) is 0.611. The Labute approximate surface area is 190 Å². The van der Waals surface area contributed by atoms with Crippen molar-refractivity contribution in [1.29, 1.82) is 0 Å². The summed E-state index contributed by atoms with van der Waals surface area (Å²) in [5.74, 6) is 0.1000. The van der Waals surface area contributed by atoms with Gasteiger partial charge in [-0.25, -0.2) is 14.8 Å². The molecule has 0 aliphatic carbocycles. The van der Waals surface area contributed by atoms with Crippen LogP contribution in [0.4, 0.5) is 0 Å². The minimum Gasteiger partial charge on any atom is -0.456 e. The molecule has 2 saturated heterocycles. The first kappa shape index (κ1) is 21.6. The molecule has 2 fully saturated rings. The molecule has 3 aliphatic rings. The van der Waals surface area contributed by atoms with E-state index in [-0.39, 0.29) is 18.5 Å². The zero-order valence-electron chi connectivity index (χ0n) is 18.6. The Kier molecular flexibility index (Phi) is 5.41. The molecule has 0 aromatic carbocycles. The molecule has 5 rings (SSSR count). The lowest BCUT2D eigenvalue weighted by molar-refractivity contribution is -0.138. The molecule has 0 saturated carbocycles. The van der Waals surface area contributed by atoms with Gasteiger partial charge >= 0.3 is 5.97 Å². The van der Waals surface area contributed by atoms with E-state index in [0.29, 0.717) is 54.7 Å². The van der Waals surface area contributed by atoms with Gasteiger partial charge in [0.15, 0.2) is 0 Å². The van der Waals surface area contributed by atoms with Crippen LogP contribution in [0.15, 0.2) is 23.8 Å². The molecule has 0 bridgehead atoms. The lowest BCUT2D eigenvalue weighted by Crippen LogP contribution is -2.45. The summed E-state index contributed by atoms with van der Waals surface area (Å²) in [6.45, 7) is 6.20. The highest BCUT2D eigenvalue weighted by molar-refractivity contribution is 5.94. The van der Waals surface area contributed by atoms with E-state index in [4.69, 9.17) is 4.74 Å². The first-order valence-corrected chi connectivity index (χ1v) is 11.0. The molecule has 174 valence electrons. The summed E-state index contributed by atoms with van der Waals surface area (Å²) < 4.78 is 6.45. The van der Waals surface area contributed by atoms with Crippen molar-refractivity contribution in [3.05, 3.63) is 35.1 Å². The zero-order chi connectivity index (χ0) is 23.2. The van der Waals surface area contributed by atoms with E-state index in [1.54, 1.807) is 18.0 Å². The largest absolute Gasteiger partial charge is 0.456 e. The maximum Gasteiger partial charge on any atom is 0.336 e. The number of aromatic nitrogens is 6. The molecule has 2 aromatic rings. The predicted octanol–water partition coefficient (Wildman–Crippen LogP) is -0.0606. The smallest absolute Gasteiger partial charge is 0.336 e. The van der Waals surface area contributed by atoms with E-state index in [1.807, 2.05) is 6.92 Å². The number of hydrogen-bond donors (Lipinski definition) is 1. The molecule has 3 aliphatic heterocycles. The number of esters is 1. The third kappa shape index (κ3) is 3.78. The van der Waals surface area contributed by atoms with Crippen molar-refractivity contribution in [1.82, 2.24) is 40.0 Å². The number of aliphatic hydroxyl groups excluding tert-OH is 1.